The molecule has 0 aromatic heterocycles. The van der Waals surface area contributed by atoms with Gasteiger partial charge in [-0.25, -0.2) is 4.79 Å². The molecule has 0 aliphatic carbocycles. The molecular weight excluding hydrogens is 462 g/mol. The average Bonchev–Trinajstić information content (AvgIpc) is 2.84. The molecule has 1 aromatic rings. The molecule has 202 valence electrons. The Hall–Kier alpha value is -2.98. The average molecular weight is 506 g/mol. The Morgan fingerprint density at radius 2 is 1.47 bits per heavy atom. The van der Waals surface area contributed by atoms with Crippen molar-refractivity contribution in [3.8, 4) is 0 Å². The van der Waals surface area contributed by atoms with Crippen LogP contribution in [0.4, 0.5) is 0 Å². The molecule has 1 rings (SSSR count). The van der Waals surface area contributed by atoms with E-state index < -0.39 is 47.9 Å². The third-order valence-electron chi connectivity index (χ3n) is 6.24. The van der Waals surface area contributed by atoms with Gasteiger partial charge in [0.2, 0.25) is 17.7 Å². The highest BCUT2D eigenvalue weighted by Gasteiger charge is 2.33. The topological polar surface area (TPSA) is 177 Å². The lowest BCUT2D eigenvalue weighted by Gasteiger charge is -2.29. The maximum absolute atomic E-state index is 13.2. The molecular formula is C26H43N5O5. The molecule has 0 saturated carbocycles. The summed E-state index contributed by atoms with van der Waals surface area (Å²) < 4.78 is 0. The summed E-state index contributed by atoms with van der Waals surface area (Å²) in [5.41, 5.74) is 12.2. The number of aliphatic carboxylic acids is 1. The molecule has 10 heteroatoms. The molecule has 0 heterocycles. The van der Waals surface area contributed by atoms with Crippen LogP contribution in [0.5, 0.6) is 0 Å². The number of carboxylic acid groups (broad SMARTS) is 1. The van der Waals surface area contributed by atoms with Crippen LogP contribution in [-0.4, -0.2) is 59.5 Å². The fourth-order valence-electron chi connectivity index (χ4n) is 3.69. The fourth-order valence-corrected chi connectivity index (χ4v) is 3.69. The van der Waals surface area contributed by atoms with E-state index in [1.54, 1.807) is 45.0 Å². The molecule has 0 saturated heterocycles. The van der Waals surface area contributed by atoms with Crippen molar-refractivity contribution < 1.29 is 24.3 Å². The molecule has 1 aromatic carbocycles. The lowest BCUT2D eigenvalue weighted by Crippen LogP contribution is -2.60. The van der Waals surface area contributed by atoms with Gasteiger partial charge in [0, 0.05) is 6.42 Å². The molecule has 0 aliphatic heterocycles. The fraction of sp³-hybridized carbons (Fsp3) is 0.615. The van der Waals surface area contributed by atoms with Gasteiger partial charge in [-0.15, -0.1) is 0 Å². The first kappa shape index (κ1) is 31.1. The normalized spacial score (nSPS) is 15.3. The number of nitrogens with one attached hydrogen (secondary N) is 3. The Morgan fingerprint density at radius 1 is 0.889 bits per heavy atom. The van der Waals surface area contributed by atoms with Gasteiger partial charge in [-0.1, -0.05) is 70.9 Å². The predicted octanol–water partition coefficient (Wildman–Crippen LogP) is 0.927. The van der Waals surface area contributed by atoms with Gasteiger partial charge in [-0.05, 0) is 36.8 Å². The number of benzene rings is 1. The minimum Gasteiger partial charge on any atom is -0.480 e. The smallest absolute Gasteiger partial charge is 0.326 e. The first-order valence-corrected chi connectivity index (χ1v) is 12.6. The second-order valence-electron chi connectivity index (χ2n) is 9.58. The van der Waals surface area contributed by atoms with Crippen molar-refractivity contribution >= 4 is 23.7 Å². The molecule has 0 radical (unpaired) electrons. The quantitative estimate of drug-likeness (QED) is 0.181. The van der Waals surface area contributed by atoms with Crippen LogP contribution in [0.25, 0.3) is 0 Å². The highest BCUT2D eigenvalue weighted by Crippen LogP contribution is 2.12. The summed E-state index contributed by atoms with van der Waals surface area (Å²) in [5.74, 6) is -3.27. The first-order chi connectivity index (χ1) is 17.0. The van der Waals surface area contributed by atoms with Crippen LogP contribution < -0.4 is 27.4 Å². The third kappa shape index (κ3) is 10.3. The van der Waals surface area contributed by atoms with Crippen LogP contribution in [0.1, 0.15) is 58.9 Å². The van der Waals surface area contributed by atoms with Crippen LogP contribution in [0.2, 0.25) is 0 Å². The van der Waals surface area contributed by atoms with Crippen molar-refractivity contribution in [2.75, 3.05) is 6.54 Å². The van der Waals surface area contributed by atoms with E-state index in [0.29, 0.717) is 25.8 Å². The number of hydrogen-bond acceptors (Lipinski definition) is 6. The summed E-state index contributed by atoms with van der Waals surface area (Å²) in [4.78, 5) is 50.7. The van der Waals surface area contributed by atoms with Crippen molar-refractivity contribution in [3.63, 3.8) is 0 Å². The van der Waals surface area contributed by atoms with E-state index in [1.807, 2.05) is 13.0 Å². The number of rotatable bonds is 16. The SMILES string of the molecule is CCC(C)C(NC(=O)C(NC(=O)C(N)CCCCN)C(C)C)C(=O)NC(Cc1ccccc1)C(=O)O. The molecule has 3 amide bonds. The van der Waals surface area contributed by atoms with Gasteiger partial charge < -0.3 is 32.5 Å². The largest absolute Gasteiger partial charge is 0.480 e. The number of hydrogen-bond donors (Lipinski definition) is 6. The summed E-state index contributed by atoms with van der Waals surface area (Å²) in [6, 6.07) is 5.17. The van der Waals surface area contributed by atoms with Gasteiger partial charge in [-0.3, -0.25) is 14.4 Å². The summed E-state index contributed by atoms with van der Waals surface area (Å²) in [5, 5.41) is 17.7. The molecule has 5 atom stereocenters. The van der Waals surface area contributed by atoms with E-state index in [1.165, 1.54) is 0 Å². The molecule has 36 heavy (non-hydrogen) atoms. The lowest BCUT2D eigenvalue weighted by molar-refractivity contribution is -0.142. The minimum atomic E-state index is -1.17. The van der Waals surface area contributed by atoms with Crippen LogP contribution in [-0.2, 0) is 25.6 Å². The third-order valence-corrected chi connectivity index (χ3v) is 6.24. The number of carbonyl (C=O) groups is 4. The number of amides is 3. The highest BCUT2D eigenvalue weighted by molar-refractivity contribution is 5.94. The zero-order valence-corrected chi connectivity index (χ0v) is 21.8. The van der Waals surface area contributed by atoms with Crippen LogP contribution >= 0.6 is 0 Å². The van der Waals surface area contributed by atoms with Gasteiger partial charge in [0.1, 0.15) is 18.1 Å². The molecule has 10 nitrogen and oxygen atoms in total. The standard InChI is InChI=1S/C26H43N5O5/c1-5-17(4)22(25(34)29-20(26(35)36)15-18-11-7-6-8-12-18)31-24(33)21(16(2)3)30-23(32)19(28)13-9-10-14-27/h6-8,11-12,16-17,19-22H,5,9-10,13-15,27-28H2,1-4H3,(H,29,34)(H,30,32)(H,31,33)(H,35,36). The Bertz CT molecular complexity index is 848. The molecule has 0 spiro atoms. The van der Waals surface area contributed by atoms with Crippen LogP contribution in [0, 0.1) is 11.8 Å². The van der Waals surface area contributed by atoms with E-state index in [9.17, 15) is 24.3 Å². The Balaban J connectivity index is 2.94. The van der Waals surface area contributed by atoms with E-state index in [4.69, 9.17) is 11.5 Å². The summed E-state index contributed by atoms with van der Waals surface area (Å²) in [7, 11) is 0. The zero-order chi connectivity index (χ0) is 27.3. The van der Waals surface area contributed by atoms with Crippen molar-refractivity contribution in [1.82, 2.24) is 16.0 Å². The Morgan fingerprint density at radius 3 is 2.00 bits per heavy atom. The summed E-state index contributed by atoms with van der Waals surface area (Å²) in [6.07, 6.45) is 2.58. The molecule has 0 fully saturated rings. The summed E-state index contributed by atoms with van der Waals surface area (Å²) >= 11 is 0. The molecule has 0 aliphatic rings. The van der Waals surface area contributed by atoms with Crippen LogP contribution in [0.3, 0.4) is 0 Å². The Kier molecular flexibility index (Phi) is 13.7. The van der Waals surface area contributed by atoms with Gasteiger partial charge in [0.05, 0.1) is 6.04 Å². The second kappa shape index (κ2) is 15.9. The van der Waals surface area contributed by atoms with Crippen LogP contribution in [0.15, 0.2) is 30.3 Å². The van der Waals surface area contributed by atoms with Gasteiger partial charge in [-0.2, -0.15) is 0 Å². The first-order valence-electron chi connectivity index (χ1n) is 12.6. The predicted molar refractivity (Wildman–Crippen MR) is 139 cm³/mol. The van der Waals surface area contributed by atoms with Crippen molar-refractivity contribution in [3.05, 3.63) is 35.9 Å². The van der Waals surface area contributed by atoms with E-state index in [0.717, 1.165) is 12.0 Å². The number of unbranched alkanes of at least 4 members (excludes halogenated alkanes) is 1. The van der Waals surface area contributed by atoms with E-state index in [2.05, 4.69) is 16.0 Å². The number of carbonyl (C=O) groups excluding carboxylic acids is 3. The molecule has 8 N–H and O–H groups in total. The number of carboxylic acids is 1. The highest BCUT2D eigenvalue weighted by atomic mass is 16.4. The van der Waals surface area contributed by atoms with Gasteiger partial charge in [0.15, 0.2) is 0 Å². The molecule has 5 unspecified atom stereocenters. The van der Waals surface area contributed by atoms with E-state index in [-0.39, 0.29) is 18.3 Å². The maximum atomic E-state index is 13.2. The van der Waals surface area contributed by atoms with E-state index >= 15 is 0 Å². The molecule has 0 bridgehead atoms. The monoisotopic (exact) mass is 505 g/mol. The van der Waals surface area contributed by atoms with Crippen molar-refractivity contribution in [1.29, 1.82) is 0 Å². The second-order valence-corrected chi connectivity index (χ2v) is 9.58. The minimum absolute atomic E-state index is 0.107. The zero-order valence-electron chi connectivity index (χ0n) is 21.8. The van der Waals surface area contributed by atoms with Crippen molar-refractivity contribution in [2.24, 2.45) is 23.3 Å². The Labute approximate surface area is 213 Å². The summed E-state index contributed by atoms with van der Waals surface area (Å²) in [6.45, 7) is 7.75. The van der Waals surface area contributed by atoms with Crippen molar-refractivity contribution in [2.45, 2.75) is 84.0 Å². The maximum Gasteiger partial charge on any atom is 0.326 e. The van der Waals surface area contributed by atoms with Gasteiger partial charge in [0.25, 0.3) is 0 Å². The number of nitrogens with two attached hydrogens (primary N) is 2. The van der Waals surface area contributed by atoms with Gasteiger partial charge >= 0.3 is 5.97 Å². The lowest BCUT2D eigenvalue weighted by atomic mass is 9.95.